The molecule has 1 aliphatic heterocycles. The summed E-state index contributed by atoms with van der Waals surface area (Å²) in [6.45, 7) is 4.83. The summed E-state index contributed by atoms with van der Waals surface area (Å²) in [6, 6.07) is 6.45. The Kier molecular flexibility index (Phi) is 4.43. The Morgan fingerprint density at radius 3 is 2.85 bits per heavy atom. The fraction of sp³-hybridized carbons (Fsp3) is 0.500. The van der Waals surface area contributed by atoms with Crippen molar-refractivity contribution in [3.8, 4) is 6.07 Å². The van der Waals surface area contributed by atoms with Gasteiger partial charge in [-0.2, -0.15) is 5.26 Å². The van der Waals surface area contributed by atoms with Crippen molar-refractivity contribution in [1.29, 1.82) is 5.26 Å². The molecule has 5 nitrogen and oxygen atoms in total. The van der Waals surface area contributed by atoms with Gasteiger partial charge in [-0.25, -0.2) is 13.1 Å². The number of nitrogens with one attached hydrogen (secondary N) is 1. The number of sulfonamides is 1. The Morgan fingerprint density at radius 2 is 2.25 bits per heavy atom. The van der Waals surface area contributed by atoms with E-state index < -0.39 is 10.0 Å². The largest absolute Gasteiger partial charge is 0.381 e. The van der Waals surface area contributed by atoms with Gasteiger partial charge in [-0.05, 0) is 38.0 Å². The third-order valence-corrected chi connectivity index (χ3v) is 5.32. The summed E-state index contributed by atoms with van der Waals surface area (Å²) in [4.78, 5) is 0.169. The van der Waals surface area contributed by atoms with Gasteiger partial charge in [0.1, 0.15) is 0 Å². The Morgan fingerprint density at radius 1 is 1.50 bits per heavy atom. The quantitative estimate of drug-likeness (QED) is 0.914. The zero-order chi connectivity index (χ0) is 14.8. The molecule has 0 bridgehead atoms. The molecule has 2 atom stereocenters. The smallest absolute Gasteiger partial charge is 0.241 e. The lowest BCUT2D eigenvalue weighted by Crippen LogP contribution is -2.38. The van der Waals surface area contributed by atoms with Crippen LogP contribution in [0.15, 0.2) is 23.1 Å². The number of aryl methyl sites for hydroxylation is 1. The van der Waals surface area contributed by atoms with E-state index in [9.17, 15) is 8.42 Å². The minimum Gasteiger partial charge on any atom is -0.381 e. The van der Waals surface area contributed by atoms with Gasteiger partial charge < -0.3 is 4.74 Å². The number of hydrogen-bond donors (Lipinski definition) is 1. The maximum absolute atomic E-state index is 12.4. The van der Waals surface area contributed by atoms with Crippen molar-refractivity contribution in [2.75, 3.05) is 13.2 Å². The molecule has 0 radical (unpaired) electrons. The van der Waals surface area contributed by atoms with Gasteiger partial charge in [0.05, 0.1) is 23.1 Å². The van der Waals surface area contributed by atoms with Crippen molar-refractivity contribution >= 4 is 10.0 Å². The number of hydrogen-bond acceptors (Lipinski definition) is 4. The Bertz CT molecular complexity index is 628. The lowest BCUT2D eigenvalue weighted by Gasteiger charge is -2.20. The second-order valence-electron chi connectivity index (χ2n) is 5.13. The molecule has 1 N–H and O–H groups in total. The van der Waals surface area contributed by atoms with Gasteiger partial charge in [0, 0.05) is 18.6 Å². The van der Waals surface area contributed by atoms with E-state index >= 15 is 0 Å². The fourth-order valence-corrected chi connectivity index (χ4v) is 3.89. The van der Waals surface area contributed by atoms with Gasteiger partial charge in [-0.15, -0.1) is 0 Å². The zero-order valence-electron chi connectivity index (χ0n) is 11.6. The molecule has 108 valence electrons. The second kappa shape index (κ2) is 5.92. The molecule has 1 fully saturated rings. The summed E-state index contributed by atoms with van der Waals surface area (Å²) in [5.74, 6) is 0.198. The molecule has 0 aromatic heterocycles. The van der Waals surface area contributed by atoms with Gasteiger partial charge >= 0.3 is 0 Å². The molecule has 6 heteroatoms. The standard InChI is InChI=1S/C14H18N2O3S/c1-10-3-4-12(8-15)7-14(10)20(17,18)16-11(2)13-5-6-19-9-13/h3-4,7,11,13,16H,5-6,9H2,1-2H3. The van der Waals surface area contributed by atoms with Crippen molar-refractivity contribution in [3.63, 3.8) is 0 Å². The maximum atomic E-state index is 12.4. The molecule has 0 spiro atoms. The van der Waals surface area contributed by atoms with Crippen LogP contribution in [-0.4, -0.2) is 27.7 Å². The van der Waals surface area contributed by atoms with E-state index in [1.165, 1.54) is 6.07 Å². The number of benzene rings is 1. The number of ether oxygens (including phenoxy) is 1. The topological polar surface area (TPSA) is 79.2 Å². The molecule has 2 unspecified atom stereocenters. The molecule has 0 saturated carbocycles. The van der Waals surface area contributed by atoms with Crippen LogP contribution in [0.4, 0.5) is 0 Å². The van der Waals surface area contributed by atoms with Gasteiger partial charge in [0.2, 0.25) is 10.0 Å². The van der Waals surface area contributed by atoms with Crippen LogP contribution >= 0.6 is 0 Å². The monoisotopic (exact) mass is 294 g/mol. The average molecular weight is 294 g/mol. The summed E-state index contributed by atoms with van der Waals surface area (Å²) < 4.78 is 32.8. The van der Waals surface area contributed by atoms with Crippen LogP contribution in [0, 0.1) is 24.2 Å². The van der Waals surface area contributed by atoms with Gasteiger partial charge in [0.25, 0.3) is 0 Å². The maximum Gasteiger partial charge on any atom is 0.241 e. The van der Waals surface area contributed by atoms with Gasteiger partial charge in [-0.1, -0.05) is 6.07 Å². The molecular formula is C14H18N2O3S. The average Bonchev–Trinajstić information content (AvgIpc) is 2.92. The van der Waals surface area contributed by atoms with Crippen molar-refractivity contribution in [2.24, 2.45) is 5.92 Å². The van der Waals surface area contributed by atoms with Crippen LogP contribution in [0.3, 0.4) is 0 Å². The Labute approximate surface area is 119 Å². The first-order valence-electron chi connectivity index (χ1n) is 6.55. The second-order valence-corrected chi connectivity index (χ2v) is 6.81. The lowest BCUT2D eigenvalue weighted by molar-refractivity contribution is 0.180. The highest BCUT2D eigenvalue weighted by Crippen LogP contribution is 2.21. The molecule has 0 amide bonds. The number of rotatable bonds is 4. The predicted octanol–water partition coefficient (Wildman–Crippen LogP) is 1.57. The van der Waals surface area contributed by atoms with Crippen LogP contribution in [0.25, 0.3) is 0 Å². The van der Waals surface area contributed by atoms with E-state index in [0.29, 0.717) is 24.3 Å². The summed E-state index contributed by atoms with van der Waals surface area (Å²) in [7, 11) is -3.62. The van der Waals surface area contributed by atoms with E-state index in [-0.39, 0.29) is 16.9 Å². The summed E-state index contributed by atoms with van der Waals surface area (Å²) in [5, 5.41) is 8.89. The van der Waals surface area contributed by atoms with E-state index in [0.717, 1.165) is 6.42 Å². The van der Waals surface area contributed by atoms with E-state index in [2.05, 4.69) is 4.72 Å². The first-order valence-corrected chi connectivity index (χ1v) is 8.03. The first-order chi connectivity index (χ1) is 9.44. The fourth-order valence-electron chi connectivity index (χ4n) is 2.31. The first kappa shape index (κ1) is 15.0. The van der Waals surface area contributed by atoms with Crippen molar-refractivity contribution < 1.29 is 13.2 Å². The van der Waals surface area contributed by atoms with Crippen molar-refractivity contribution in [1.82, 2.24) is 4.72 Å². The predicted molar refractivity (Wildman–Crippen MR) is 74.6 cm³/mol. The van der Waals surface area contributed by atoms with Crippen molar-refractivity contribution in [2.45, 2.75) is 31.2 Å². The van der Waals surface area contributed by atoms with Crippen LogP contribution in [0.1, 0.15) is 24.5 Å². The highest BCUT2D eigenvalue weighted by Gasteiger charge is 2.27. The van der Waals surface area contributed by atoms with E-state index in [1.807, 2.05) is 13.0 Å². The van der Waals surface area contributed by atoms with Crippen LogP contribution in [0.5, 0.6) is 0 Å². The van der Waals surface area contributed by atoms with Crippen LogP contribution in [-0.2, 0) is 14.8 Å². The highest BCUT2D eigenvalue weighted by molar-refractivity contribution is 7.89. The molecule has 20 heavy (non-hydrogen) atoms. The SMILES string of the molecule is Cc1ccc(C#N)cc1S(=O)(=O)NC(C)C1CCOC1. The number of nitriles is 1. The lowest BCUT2D eigenvalue weighted by atomic mass is 10.0. The molecular weight excluding hydrogens is 276 g/mol. The van der Waals surface area contributed by atoms with Crippen LogP contribution in [0.2, 0.25) is 0 Å². The summed E-state index contributed by atoms with van der Waals surface area (Å²) in [5.41, 5.74) is 0.971. The van der Waals surface area contributed by atoms with Crippen molar-refractivity contribution in [3.05, 3.63) is 29.3 Å². The van der Waals surface area contributed by atoms with Gasteiger partial charge in [-0.3, -0.25) is 0 Å². The minimum atomic E-state index is -3.62. The molecule has 1 aromatic rings. The number of nitrogens with zero attached hydrogens (tertiary/aromatic N) is 1. The molecule has 0 aliphatic carbocycles. The molecule has 1 heterocycles. The summed E-state index contributed by atoms with van der Waals surface area (Å²) >= 11 is 0. The molecule has 1 aliphatic rings. The Hall–Kier alpha value is -1.42. The third kappa shape index (κ3) is 3.18. The molecule has 1 aromatic carbocycles. The Balaban J connectivity index is 2.24. The minimum absolute atomic E-state index is 0.169. The normalized spacial score (nSPS) is 20.6. The van der Waals surface area contributed by atoms with E-state index in [4.69, 9.17) is 10.00 Å². The highest BCUT2D eigenvalue weighted by atomic mass is 32.2. The van der Waals surface area contributed by atoms with Gasteiger partial charge in [0.15, 0.2) is 0 Å². The molecule has 1 saturated heterocycles. The summed E-state index contributed by atoms with van der Waals surface area (Å²) in [6.07, 6.45) is 0.862. The van der Waals surface area contributed by atoms with E-state index in [1.54, 1.807) is 19.1 Å². The van der Waals surface area contributed by atoms with Crippen LogP contribution < -0.4 is 4.72 Å². The molecule has 2 rings (SSSR count). The zero-order valence-corrected chi connectivity index (χ0v) is 12.4. The third-order valence-electron chi connectivity index (χ3n) is 3.62.